The molecule has 0 aliphatic heterocycles. The summed E-state index contributed by atoms with van der Waals surface area (Å²) in [6.07, 6.45) is 0.863. The van der Waals surface area contributed by atoms with Crippen LogP contribution in [-0.2, 0) is 4.79 Å². The van der Waals surface area contributed by atoms with Crippen molar-refractivity contribution in [2.45, 2.75) is 20.3 Å². The van der Waals surface area contributed by atoms with Crippen LogP contribution < -0.4 is 10.6 Å². The van der Waals surface area contributed by atoms with Crippen LogP contribution in [0.1, 0.15) is 20.3 Å². The van der Waals surface area contributed by atoms with Crippen molar-refractivity contribution in [3.8, 4) is 0 Å². The van der Waals surface area contributed by atoms with Gasteiger partial charge in [-0.3, -0.25) is 14.9 Å². The van der Waals surface area contributed by atoms with Crippen LogP contribution in [0.15, 0.2) is 18.2 Å². The smallest absolute Gasteiger partial charge is 0.292 e. The third kappa shape index (κ3) is 3.75. The molecule has 0 aromatic heterocycles. The van der Waals surface area contributed by atoms with Gasteiger partial charge in [-0.2, -0.15) is 0 Å². The molecule has 1 aromatic rings. The average molecular weight is 237 g/mol. The normalized spacial score (nSPS) is 9.76. The van der Waals surface area contributed by atoms with Crippen molar-refractivity contribution in [2.75, 3.05) is 17.2 Å². The molecule has 6 heteroatoms. The van der Waals surface area contributed by atoms with Crippen molar-refractivity contribution >= 4 is 23.0 Å². The number of carbonyl (C=O) groups is 1. The molecule has 0 atom stereocenters. The second-order valence-corrected chi connectivity index (χ2v) is 3.60. The van der Waals surface area contributed by atoms with Gasteiger partial charge in [0.1, 0.15) is 5.69 Å². The number of nitrogens with zero attached hydrogens (tertiary/aromatic N) is 1. The highest BCUT2D eigenvalue weighted by Gasteiger charge is 2.13. The number of nitro benzene ring substituents is 1. The van der Waals surface area contributed by atoms with E-state index in [0.29, 0.717) is 17.9 Å². The van der Waals surface area contributed by atoms with Crippen molar-refractivity contribution < 1.29 is 9.72 Å². The summed E-state index contributed by atoms with van der Waals surface area (Å²) >= 11 is 0. The second kappa shape index (κ2) is 5.83. The second-order valence-electron chi connectivity index (χ2n) is 3.60. The van der Waals surface area contributed by atoms with E-state index in [-0.39, 0.29) is 11.6 Å². The van der Waals surface area contributed by atoms with Crippen molar-refractivity contribution in [3.63, 3.8) is 0 Å². The molecule has 92 valence electrons. The molecule has 0 saturated carbocycles. The summed E-state index contributed by atoms with van der Waals surface area (Å²) in [6, 6.07) is 4.45. The van der Waals surface area contributed by atoms with Crippen LogP contribution in [-0.4, -0.2) is 17.4 Å². The molecule has 1 aromatic carbocycles. The summed E-state index contributed by atoms with van der Waals surface area (Å²) in [5.74, 6) is -0.208. The van der Waals surface area contributed by atoms with Crippen LogP contribution in [0.4, 0.5) is 17.1 Å². The van der Waals surface area contributed by atoms with Crippen LogP contribution in [0.25, 0.3) is 0 Å². The van der Waals surface area contributed by atoms with E-state index in [0.717, 1.165) is 6.42 Å². The van der Waals surface area contributed by atoms with Gasteiger partial charge in [-0.15, -0.1) is 0 Å². The lowest BCUT2D eigenvalue weighted by Gasteiger charge is -2.08. The van der Waals surface area contributed by atoms with Crippen LogP contribution >= 0.6 is 0 Å². The summed E-state index contributed by atoms with van der Waals surface area (Å²) in [7, 11) is 0. The van der Waals surface area contributed by atoms with Crippen molar-refractivity contribution in [1.82, 2.24) is 0 Å². The molecule has 0 heterocycles. The van der Waals surface area contributed by atoms with Gasteiger partial charge in [0.2, 0.25) is 5.91 Å². The third-order valence-corrected chi connectivity index (χ3v) is 2.08. The number of rotatable bonds is 5. The lowest BCUT2D eigenvalue weighted by Crippen LogP contribution is -2.08. The Morgan fingerprint density at radius 2 is 2.18 bits per heavy atom. The number of nitrogens with one attached hydrogen (secondary N) is 2. The number of anilines is 2. The molecule has 0 fully saturated rings. The van der Waals surface area contributed by atoms with Gasteiger partial charge in [0.05, 0.1) is 4.92 Å². The maximum atomic E-state index is 10.9. The molecule has 0 radical (unpaired) electrons. The highest BCUT2D eigenvalue weighted by atomic mass is 16.6. The standard InChI is InChI=1S/C11H15N3O3/c1-3-6-12-10-7-9(13-8(2)15)4-5-11(10)14(16)17/h4-5,7,12H,3,6H2,1-2H3,(H,13,15). The molecule has 0 unspecified atom stereocenters. The van der Waals surface area contributed by atoms with E-state index in [4.69, 9.17) is 0 Å². The highest BCUT2D eigenvalue weighted by Crippen LogP contribution is 2.27. The SMILES string of the molecule is CCCNc1cc(NC(C)=O)ccc1[N+](=O)[O-]. The molecule has 0 spiro atoms. The summed E-state index contributed by atoms with van der Waals surface area (Å²) in [6.45, 7) is 4.00. The van der Waals surface area contributed by atoms with Gasteiger partial charge in [-0.25, -0.2) is 0 Å². The summed E-state index contributed by atoms with van der Waals surface area (Å²) < 4.78 is 0. The van der Waals surface area contributed by atoms with E-state index in [1.54, 1.807) is 6.07 Å². The lowest BCUT2D eigenvalue weighted by atomic mass is 10.2. The quantitative estimate of drug-likeness (QED) is 0.608. The van der Waals surface area contributed by atoms with Crippen molar-refractivity contribution in [1.29, 1.82) is 0 Å². The molecule has 0 bridgehead atoms. The Labute approximate surface area is 99.2 Å². The molecule has 0 saturated heterocycles. The maximum Gasteiger partial charge on any atom is 0.292 e. The van der Waals surface area contributed by atoms with E-state index in [2.05, 4.69) is 10.6 Å². The van der Waals surface area contributed by atoms with Gasteiger partial charge in [0, 0.05) is 25.2 Å². The molecular weight excluding hydrogens is 222 g/mol. The minimum absolute atomic E-state index is 0.00699. The number of amides is 1. The summed E-state index contributed by atoms with van der Waals surface area (Å²) in [5, 5.41) is 16.3. The minimum Gasteiger partial charge on any atom is -0.379 e. The fourth-order valence-electron chi connectivity index (χ4n) is 1.38. The zero-order chi connectivity index (χ0) is 12.8. The first-order valence-electron chi connectivity index (χ1n) is 5.34. The fourth-order valence-corrected chi connectivity index (χ4v) is 1.38. The summed E-state index contributed by atoms with van der Waals surface area (Å²) in [5.41, 5.74) is 0.970. The molecule has 1 amide bonds. The van der Waals surface area contributed by atoms with Crippen molar-refractivity contribution in [3.05, 3.63) is 28.3 Å². The van der Waals surface area contributed by atoms with Gasteiger partial charge in [0.15, 0.2) is 0 Å². The predicted molar refractivity (Wildman–Crippen MR) is 66.2 cm³/mol. The average Bonchev–Trinajstić information content (AvgIpc) is 2.25. The zero-order valence-corrected chi connectivity index (χ0v) is 9.82. The molecular formula is C11H15N3O3. The Balaban J connectivity index is 3.00. The Morgan fingerprint density at radius 3 is 2.71 bits per heavy atom. The van der Waals surface area contributed by atoms with E-state index in [9.17, 15) is 14.9 Å². The first kappa shape index (κ1) is 13.0. The molecule has 0 aliphatic rings. The first-order valence-corrected chi connectivity index (χ1v) is 5.34. The Hall–Kier alpha value is -2.11. The van der Waals surface area contributed by atoms with Crippen LogP contribution in [0.5, 0.6) is 0 Å². The number of hydrogen-bond donors (Lipinski definition) is 2. The van der Waals surface area contributed by atoms with Crippen LogP contribution in [0.3, 0.4) is 0 Å². The predicted octanol–water partition coefficient (Wildman–Crippen LogP) is 2.38. The number of carbonyl (C=O) groups excluding carboxylic acids is 1. The highest BCUT2D eigenvalue weighted by molar-refractivity contribution is 5.89. The van der Waals surface area contributed by atoms with Crippen LogP contribution in [0.2, 0.25) is 0 Å². The first-order chi connectivity index (χ1) is 8.04. The van der Waals surface area contributed by atoms with Gasteiger partial charge in [-0.05, 0) is 18.6 Å². The Morgan fingerprint density at radius 1 is 1.47 bits per heavy atom. The molecule has 2 N–H and O–H groups in total. The number of nitro groups is 1. The Bertz CT molecular complexity index is 432. The molecule has 1 rings (SSSR count). The van der Waals surface area contributed by atoms with E-state index >= 15 is 0 Å². The third-order valence-electron chi connectivity index (χ3n) is 2.08. The monoisotopic (exact) mass is 237 g/mol. The molecule has 6 nitrogen and oxygen atoms in total. The van der Waals surface area contributed by atoms with Crippen LogP contribution in [0, 0.1) is 10.1 Å². The van der Waals surface area contributed by atoms with Gasteiger partial charge in [0.25, 0.3) is 5.69 Å². The van der Waals surface area contributed by atoms with E-state index in [1.807, 2.05) is 6.92 Å². The zero-order valence-electron chi connectivity index (χ0n) is 9.82. The molecule has 17 heavy (non-hydrogen) atoms. The molecule has 0 aliphatic carbocycles. The number of benzene rings is 1. The van der Waals surface area contributed by atoms with Gasteiger partial charge >= 0.3 is 0 Å². The summed E-state index contributed by atoms with van der Waals surface area (Å²) in [4.78, 5) is 21.2. The number of hydrogen-bond acceptors (Lipinski definition) is 4. The van der Waals surface area contributed by atoms with E-state index in [1.165, 1.54) is 19.1 Å². The van der Waals surface area contributed by atoms with E-state index < -0.39 is 4.92 Å². The van der Waals surface area contributed by atoms with Gasteiger partial charge < -0.3 is 10.6 Å². The fraction of sp³-hybridized carbons (Fsp3) is 0.364. The largest absolute Gasteiger partial charge is 0.379 e. The minimum atomic E-state index is -0.449. The lowest BCUT2D eigenvalue weighted by molar-refractivity contribution is -0.383. The van der Waals surface area contributed by atoms with Crippen molar-refractivity contribution in [2.24, 2.45) is 0 Å². The topological polar surface area (TPSA) is 84.3 Å². The van der Waals surface area contributed by atoms with Gasteiger partial charge in [-0.1, -0.05) is 6.92 Å². The maximum absolute atomic E-state index is 10.9. The Kier molecular flexibility index (Phi) is 4.45.